The van der Waals surface area contributed by atoms with Crippen molar-refractivity contribution >= 4 is 5.91 Å². The van der Waals surface area contributed by atoms with Crippen molar-refractivity contribution in [2.75, 3.05) is 27.2 Å². The molecule has 6 nitrogen and oxygen atoms in total. The summed E-state index contributed by atoms with van der Waals surface area (Å²) in [6.45, 7) is 2.65. The van der Waals surface area contributed by atoms with Crippen LogP contribution in [0.25, 0.3) is 5.69 Å². The van der Waals surface area contributed by atoms with E-state index in [1.54, 1.807) is 4.90 Å². The maximum atomic E-state index is 12.6. The molecule has 1 fully saturated rings. The monoisotopic (exact) mass is 311 g/mol. The van der Waals surface area contributed by atoms with Crippen molar-refractivity contribution in [2.24, 2.45) is 0 Å². The average molecular weight is 311 g/mol. The maximum Gasteiger partial charge on any atom is 0.256 e. The van der Waals surface area contributed by atoms with Gasteiger partial charge in [0.15, 0.2) is 5.82 Å². The highest BCUT2D eigenvalue weighted by Crippen LogP contribution is 2.31. The number of amides is 1. The van der Waals surface area contributed by atoms with Gasteiger partial charge in [-0.15, -0.1) is 10.2 Å². The molecule has 1 amide bonds. The molecule has 4 rings (SSSR count). The van der Waals surface area contributed by atoms with Crippen LogP contribution in [0.4, 0.5) is 0 Å². The molecule has 0 bridgehead atoms. The number of hydrogen-bond acceptors (Lipinski definition) is 4. The zero-order valence-corrected chi connectivity index (χ0v) is 13.6. The summed E-state index contributed by atoms with van der Waals surface area (Å²) in [5.74, 6) is 2.29. The molecule has 0 unspecified atom stereocenters. The van der Waals surface area contributed by atoms with E-state index in [0.717, 1.165) is 48.8 Å². The van der Waals surface area contributed by atoms with E-state index in [0.29, 0.717) is 12.5 Å². The van der Waals surface area contributed by atoms with Crippen LogP contribution < -0.4 is 0 Å². The van der Waals surface area contributed by atoms with Crippen LogP contribution >= 0.6 is 0 Å². The first-order chi connectivity index (χ1) is 11.1. The SMILES string of the molecule is CN1CCC(c2nnc3n2-c2ccccc2C(=O)N(C)C3)CC1. The van der Waals surface area contributed by atoms with Crippen molar-refractivity contribution in [3.63, 3.8) is 0 Å². The third-order valence-electron chi connectivity index (χ3n) is 4.94. The molecule has 3 heterocycles. The van der Waals surface area contributed by atoms with E-state index < -0.39 is 0 Å². The summed E-state index contributed by atoms with van der Waals surface area (Å²) in [5, 5.41) is 8.90. The first-order valence-electron chi connectivity index (χ1n) is 8.12. The predicted molar refractivity (Wildman–Crippen MR) is 86.6 cm³/mol. The highest BCUT2D eigenvalue weighted by atomic mass is 16.2. The molecule has 6 heteroatoms. The Balaban J connectivity index is 1.84. The van der Waals surface area contributed by atoms with Gasteiger partial charge in [0.25, 0.3) is 5.91 Å². The third-order valence-corrected chi connectivity index (χ3v) is 4.94. The molecule has 0 atom stereocenters. The molecular formula is C17H21N5O. The summed E-state index contributed by atoms with van der Waals surface area (Å²) in [5.41, 5.74) is 1.64. The number of piperidine rings is 1. The van der Waals surface area contributed by atoms with Gasteiger partial charge in [0.05, 0.1) is 17.8 Å². The first-order valence-corrected chi connectivity index (χ1v) is 8.12. The van der Waals surface area contributed by atoms with Gasteiger partial charge in [0.1, 0.15) is 5.82 Å². The Bertz CT molecular complexity index is 745. The maximum absolute atomic E-state index is 12.6. The summed E-state index contributed by atoms with van der Waals surface area (Å²) in [4.78, 5) is 16.7. The van der Waals surface area contributed by atoms with Crippen LogP contribution in [-0.2, 0) is 6.54 Å². The zero-order valence-electron chi connectivity index (χ0n) is 13.6. The van der Waals surface area contributed by atoms with Gasteiger partial charge in [-0.2, -0.15) is 0 Å². The van der Waals surface area contributed by atoms with E-state index in [2.05, 4.69) is 26.7 Å². The van der Waals surface area contributed by atoms with E-state index in [-0.39, 0.29) is 5.91 Å². The molecule has 0 N–H and O–H groups in total. The Labute approximate surface area is 135 Å². The molecule has 1 saturated heterocycles. The smallest absolute Gasteiger partial charge is 0.256 e. The summed E-state index contributed by atoms with van der Waals surface area (Å²) in [7, 11) is 3.97. The zero-order chi connectivity index (χ0) is 16.0. The second-order valence-corrected chi connectivity index (χ2v) is 6.57. The number of fused-ring (bicyclic) bond motifs is 3. The van der Waals surface area contributed by atoms with Crippen LogP contribution in [0.5, 0.6) is 0 Å². The molecule has 0 radical (unpaired) electrons. The molecule has 120 valence electrons. The lowest BCUT2D eigenvalue weighted by Gasteiger charge is -2.28. The quantitative estimate of drug-likeness (QED) is 0.804. The van der Waals surface area contributed by atoms with Gasteiger partial charge >= 0.3 is 0 Å². The van der Waals surface area contributed by atoms with Crippen LogP contribution in [0, 0.1) is 0 Å². The highest BCUT2D eigenvalue weighted by Gasteiger charge is 2.30. The van der Waals surface area contributed by atoms with E-state index in [1.165, 1.54) is 0 Å². The lowest BCUT2D eigenvalue weighted by Crippen LogP contribution is -2.30. The fourth-order valence-electron chi connectivity index (χ4n) is 3.57. The number of carbonyl (C=O) groups is 1. The summed E-state index contributed by atoms with van der Waals surface area (Å²) in [6.07, 6.45) is 2.17. The number of rotatable bonds is 1. The topological polar surface area (TPSA) is 54.3 Å². The largest absolute Gasteiger partial charge is 0.334 e. The molecule has 0 aliphatic carbocycles. The van der Waals surface area contributed by atoms with Crippen molar-refractivity contribution < 1.29 is 4.79 Å². The van der Waals surface area contributed by atoms with E-state index in [1.807, 2.05) is 31.3 Å². The number of nitrogens with zero attached hydrogens (tertiary/aromatic N) is 5. The van der Waals surface area contributed by atoms with Gasteiger partial charge in [-0.25, -0.2) is 0 Å². The Kier molecular flexibility index (Phi) is 3.41. The van der Waals surface area contributed by atoms with Crippen LogP contribution in [0.15, 0.2) is 24.3 Å². The van der Waals surface area contributed by atoms with Gasteiger partial charge < -0.3 is 9.80 Å². The van der Waals surface area contributed by atoms with E-state index >= 15 is 0 Å². The average Bonchev–Trinajstić information content (AvgIpc) is 2.94. The van der Waals surface area contributed by atoms with Gasteiger partial charge in [-0.1, -0.05) is 12.1 Å². The Morgan fingerprint density at radius 3 is 2.61 bits per heavy atom. The summed E-state index contributed by atoms with van der Waals surface area (Å²) >= 11 is 0. The minimum atomic E-state index is 0.0421. The summed E-state index contributed by atoms with van der Waals surface area (Å²) < 4.78 is 2.12. The van der Waals surface area contributed by atoms with Crippen molar-refractivity contribution in [3.8, 4) is 5.69 Å². The molecule has 2 aliphatic heterocycles. The first kappa shape index (κ1) is 14.4. The number of para-hydroxylation sites is 1. The molecular weight excluding hydrogens is 290 g/mol. The minimum absolute atomic E-state index is 0.0421. The van der Waals surface area contributed by atoms with Crippen LogP contribution in [0.3, 0.4) is 0 Å². The minimum Gasteiger partial charge on any atom is -0.334 e. The predicted octanol–water partition coefficient (Wildman–Crippen LogP) is 1.66. The number of carbonyl (C=O) groups excluding carboxylic acids is 1. The molecule has 0 spiro atoms. The fraction of sp³-hybridized carbons (Fsp3) is 0.471. The lowest BCUT2D eigenvalue weighted by molar-refractivity contribution is 0.0786. The number of benzene rings is 1. The lowest BCUT2D eigenvalue weighted by atomic mass is 9.96. The van der Waals surface area contributed by atoms with Gasteiger partial charge in [0, 0.05) is 13.0 Å². The number of likely N-dealkylation sites (tertiary alicyclic amines) is 1. The molecule has 0 saturated carbocycles. The van der Waals surface area contributed by atoms with Gasteiger partial charge in [0.2, 0.25) is 0 Å². The molecule has 1 aromatic heterocycles. The third kappa shape index (κ3) is 2.34. The highest BCUT2D eigenvalue weighted by molar-refractivity contribution is 5.98. The molecule has 2 aliphatic rings. The van der Waals surface area contributed by atoms with E-state index in [4.69, 9.17) is 0 Å². The Morgan fingerprint density at radius 2 is 1.83 bits per heavy atom. The van der Waals surface area contributed by atoms with Crippen molar-refractivity contribution in [1.29, 1.82) is 0 Å². The Hall–Kier alpha value is -2.21. The standard InChI is InChI=1S/C17H21N5O/c1-20-9-7-12(8-10-20)16-19-18-15-11-21(2)17(23)13-5-3-4-6-14(13)22(15)16/h3-6,12H,7-11H2,1-2H3. The number of aromatic nitrogens is 3. The fourth-order valence-corrected chi connectivity index (χ4v) is 3.57. The number of hydrogen-bond donors (Lipinski definition) is 0. The van der Waals surface area contributed by atoms with Crippen LogP contribution in [-0.4, -0.2) is 57.7 Å². The Morgan fingerprint density at radius 1 is 1.09 bits per heavy atom. The van der Waals surface area contributed by atoms with Crippen molar-refractivity contribution in [1.82, 2.24) is 24.6 Å². The second-order valence-electron chi connectivity index (χ2n) is 6.57. The molecule has 2 aromatic rings. The molecule has 1 aromatic carbocycles. The van der Waals surface area contributed by atoms with Crippen LogP contribution in [0.2, 0.25) is 0 Å². The van der Waals surface area contributed by atoms with Crippen molar-refractivity contribution in [2.45, 2.75) is 25.3 Å². The van der Waals surface area contributed by atoms with Gasteiger partial charge in [-0.05, 0) is 45.1 Å². The summed E-state index contributed by atoms with van der Waals surface area (Å²) in [6, 6.07) is 7.77. The van der Waals surface area contributed by atoms with Gasteiger partial charge in [-0.3, -0.25) is 9.36 Å². The molecule has 23 heavy (non-hydrogen) atoms. The van der Waals surface area contributed by atoms with E-state index in [9.17, 15) is 4.79 Å². The second kappa shape index (κ2) is 5.45. The van der Waals surface area contributed by atoms with Crippen molar-refractivity contribution in [3.05, 3.63) is 41.5 Å². The normalized spacial score (nSPS) is 19.4. The van der Waals surface area contributed by atoms with Crippen LogP contribution in [0.1, 0.15) is 40.8 Å².